The standard InChI is InChI=1S/C26H28S8/c1-13-9-23(29-15(13)3)33-25(19-11-21(27-7)31-17(19)5)26(20-12-22(28-8)32-18(20)6)34-24-10-14(2)16(4)30-24/h9-12H,1-8H3/b26-25+. The molecule has 4 aromatic heterocycles. The van der Waals surface area contributed by atoms with Crippen LogP contribution in [0.2, 0.25) is 0 Å². The highest BCUT2D eigenvalue weighted by Crippen LogP contribution is 2.53. The lowest BCUT2D eigenvalue weighted by Gasteiger charge is -2.14. The second kappa shape index (κ2) is 11.5. The molecule has 8 heteroatoms. The number of rotatable bonds is 8. The van der Waals surface area contributed by atoms with Crippen molar-refractivity contribution in [1.82, 2.24) is 0 Å². The molecule has 4 aromatic rings. The molecule has 0 aromatic carbocycles. The summed E-state index contributed by atoms with van der Waals surface area (Å²) in [5.74, 6) is 0. The summed E-state index contributed by atoms with van der Waals surface area (Å²) in [6, 6.07) is 9.53. The maximum absolute atomic E-state index is 2.41. The van der Waals surface area contributed by atoms with Gasteiger partial charge in [-0.3, -0.25) is 0 Å². The summed E-state index contributed by atoms with van der Waals surface area (Å²) in [6.07, 6.45) is 4.36. The molecule has 0 spiro atoms. The molecule has 0 nitrogen and oxygen atoms in total. The van der Waals surface area contributed by atoms with E-state index in [1.54, 1.807) is 0 Å². The van der Waals surface area contributed by atoms with Gasteiger partial charge in [0.1, 0.15) is 0 Å². The lowest BCUT2D eigenvalue weighted by atomic mass is 10.2. The van der Waals surface area contributed by atoms with E-state index >= 15 is 0 Å². The van der Waals surface area contributed by atoms with Gasteiger partial charge in [0, 0.05) is 40.4 Å². The fourth-order valence-electron chi connectivity index (χ4n) is 3.39. The molecule has 180 valence electrons. The highest BCUT2D eigenvalue weighted by molar-refractivity contribution is 8.15. The molecule has 0 saturated heterocycles. The van der Waals surface area contributed by atoms with E-state index in [9.17, 15) is 0 Å². The Bertz CT molecular complexity index is 1200. The SMILES string of the molecule is CSc1cc(/C(Sc2cc(C)c(C)s2)=C(\Sc2cc(C)c(C)s2)c2cc(SC)sc2C)c(C)s1. The van der Waals surface area contributed by atoms with Crippen LogP contribution < -0.4 is 0 Å². The van der Waals surface area contributed by atoms with E-state index in [0.717, 1.165) is 0 Å². The second-order valence-electron chi connectivity index (χ2n) is 7.95. The van der Waals surface area contributed by atoms with E-state index in [1.165, 1.54) is 68.4 Å². The lowest BCUT2D eigenvalue weighted by molar-refractivity contribution is 1.43. The Kier molecular flexibility index (Phi) is 9.17. The van der Waals surface area contributed by atoms with Crippen molar-refractivity contribution >= 4 is 102 Å². The van der Waals surface area contributed by atoms with Crippen LogP contribution in [-0.4, -0.2) is 12.5 Å². The van der Waals surface area contributed by atoms with Gasteiger partial charge in [0.25, 0.3) is 0 Å². The first-order valence-corrected chi connectivity index (χ1v) is 18.1. The van der Waals surface area contributed by atoms with E-state index < -0.39 is 0 Å². The van der Waals surface area contributed by atoms with E-state index in [0.29, 0.717) is 0 Å². The van der Waals surface area contributed by atoms with E-state index in [1.807, 2.05) is 92.4 Å². The molecule has 0 aliphatic carbocycles. The first kappa shape index (κ1) is 27.0. The predicted molar refractivity (Wildman–Crippen MR) is 168 cm³/mol. The van der Waals surface area contributed by atoms with E-state index in [4.69, 9.17) is 0 Å². The monoisotopic (exact) mass is 596 g/mol. The van der Waals surface area contributed by atoms with E-state index in [2.05, 4.69) is 78.3 Å². The summed E-state index contributed by atoms with van der Waals surface area (Å²) in [4.78, 5) is 8.38. The fourth-order valence-corrected chi connectivity index (χ4v) is 12.2. The average Bonchev–Trinajstić information content (AvgIpc) is 3.53. The minimum absolute atomic E-state index is 1.37. The van der Waals surface area contributed by atoms with Crippen molar-refractivity contribution in [2.75, 3.05) is 12.5 Å². The van der Waals surface area contributed by atoms with Crippen LogP contribution in [0, 0.1) is 41.5 Å². The molecule has 4 heterocycles. The predicted octanol–water partition coefficient (Wildman–Crippen LogP) is 11.6. The van der Waals surface area contributed by atoms with Crippen molar-refractivity contribution in [1.29, 1.82) is 0 Å². The zero-order chi connectivity index (χ0) is 24.6. The molecule has 0 N–H and O–H groups in total. The van der Waals surface area contributed by atoms with Crippen LogP contribution in [0.3, 0.4) is 0 Å². The summed E-state index contributed by atoms with van der Waals surface area (Å²) in [5, 5.41) is 0. The Morgan fingerprint density at radius 2 is 0.853 bits per heavy atom. The largest absolute Gasteiger partial charge is 0.134 e. The van der Waals surface area contributed by atoms with Crippen molar-refractivity contribution in [3.8, 4) is 0 Å². The average molecular weight is 597 g/mol. The molecule has 0 unspecified atom stereocenters. The normalized spacial score (nSPS) is 12.5. The second-order valence-corrected chi connectivity index (χ2v) is 17.8. The number of hydrogen-bond acceptors (Lipinski definition) is 8. The van der Waals surface area contributed by atoms with Crippen LogP contribution in [0.5, 0.6) is 0 Å². The Labute approximate surface area is 237 Å². The van der Waals surface area contributed by atoms with E-state index in [-0.39, 0.29) is 0 Å². The van der Waals surface area contributed by atoms with Crippen molar-refractivity contribution in [3.05, 3.63) is 66.0 Å². The molecule has 0 saturated carbocycles. The Hall–Kier alpha value is -0.0600. The van der Waals surface area contributed by atoms with Crippen molar-refractivity contribution < 1.29 is 0 Å². The molecule has 0 aliphatic rings. The number of thioether (sulfide) groups is 4. The zero-order valence-electron chi connectivity index (χ0n) is 20.6. The fraction of sp³-hybridized carbons (Fsp3) is 0.308. The van der Waals surface area contributed by atoms with Crippen LogP contribution in [0.15, 0.2) is 41.1 Å². The van der Waals surface area contributed by atoms with Crippen LogP contribution >= 0.6 is 92.4 Å². The van der Waals surface area contributed by atoms with Crippen molar-refractivity contribution in [3.63, 3.8) is 0 Å². The molecule has 4 rings (SSSR count). The molecule has 0 aliphatic heterocycles. The Morgan fingerprint density at radius 3 is 1.12 bits per heavy atom. The lowest BCUT2D eigenvalue weighted by Crippen LogP contribution is -1.88. The van der Waals surface area contributed by atoms with Crippen LogP contribution in [-0.2, 0) is 0 Å². The van der Waals surface area contributed by atoms with Gasteiger partial charge in [-0.15, -0.1) is 68.9 Å². The maximum atomic E-state index is 2.41. The highest BCUT2D eigenvalue weighted by atomic mass is 32.2. The molecule has 0 bridgehead atoms. The van der Waals surface area contributed by atoms with Gasteiger partial charge in [-0.25, -0.2) is 0 Å². The van der Waals surface area contributed by atoms with Crippen LogP contribution in [0.4, 0.5) is 0 Å². The Morgan fingerprint density at radius 1 is 0.500 bits per heavy atom. The third-order valence-electron chi connectivity index (χ3n) is 5.58. The third kappa shape index (κ3) is 5.91. The number of thiophene rings is 4. The van der Waals surface area contributed by atoms with Gasteiger partial charge in [0.15, 0.2) is 0 Å². The van der Waals surface area contributed by atoms with Crippen molar-refractivity contribution in [2.24, 2.45) is 0 Å². The third-order valence-corrected chi connectivity index (χ3v) is 14.7. The molecule has 0 radical (unpaired) electrons. The summed E-state index contributed by atoms with van der Waals surface area (Å²) in [6.45, 7) is 13.5. The van der Waals surface area contributed by atoms with Gasteiger partial charge < -0.3 is 0 Å². The molecule has 34 heavy (non-hydrogen) atoms. The van der Waals surface area contributed by atoms with Crippen LogP contribution in [0.25, 0.3) is 9.81 Å². The zero-order valence-corrected chi connectivity index (χ0v) is 27.1. The molecular weight excluding hydrogens is 569 g/mol. The van der Waals surface area contributed by atoms with Gasteiger partial charge in [-0.2, -0.15) is 0 Å². The molecule has 0 amide bonds. The van der Waals surface area contributed by atoms with Crippen molar-refractivity contribution in [2.45, 2.75) is 58.4 Å². The summed E-state index contributed by atoms with van der Waals surface area (Å²) in [7, 11) is 0. The number of aryl methyl sites for hydroxylation is 6. The van der Waals surface area contributed by atoms with Gasteiger partial charge in [0.05, 0.1) is 16.8 Å². The summed E-state index contributed by atoms with van der Waals surface area (Å²) < 4.78 is 5.50. The van der Waals surface area contributed by atoms with Crippen LogP contribution in [0.1, 0.15) is 41.8 Å². The molecule has 0 atom stereocenters. The number of hydrogen-bond donors (Lipinski definition) is 0. The Balaban J connectivity index is 1.97. The highest BCUT2D eigenvalue weighted by Gasteiger charge is 2.23. The van der Waals surface area contributed by atoms with Gasteiger partial charge >= 0.3 is 0 Å². The first-order chi connectivity index (χ1) is 16.2. The quantitative estimate of drug-likeness (QED) is 0.185. The molecular formula is C26H28S8. The molecule has 0 fully saturated rings. The topological polar surface area (TPSA) is 0 Å². The van der Waals surface area contributed by atoms with Gasteiger partial charge in [-0.1, -0.05) is 23.5 Å². The van der Waals surface area contributed by atoms with Gasteiger partial charge in [-0.05, 0) is 89.4 Å². The van der Waals surface area contributed by atoms with Gasteiger partial charge in [0.2, 0.25) is 0 Å². The summed E-state index contributed by atoms with van der Waals surface area (Å²) >= 11 is 15.2. The first-order valence-electron chi connectivity index (χ1n) is 10.7. The minimum Gasteiger partial charge on any atom is -0.134 e. The maximum Gasteiger partial charge on any atom is 0.0652 e. The minimum atomic E-state index is 1.37. The summed E-state index contributed by atoms with van der Waals surface area (Å²) in [5.41, 5.74) is 5.53. The smallest absolute Gasteiger partial charge is 0.0652 e.